The third-order valence-corrected chi connectivity index (χ3v) is 4.42. The Morgan fingerprint density at radius 1 is 1.08 bits per heavy atom. The Bertz CT molecular complexity index is 942. The predicted molar refractivity (Wildman–Crippen MR) is 101 cm³/mol. The van der Waals surface area contributed by atoms with Crippen molar-refractivity contribution in [1.82, 2.24) is 10.3 Å². The Morgan fingerprint density at radius 3 is 2.46 bits per heavy atom. The molecule has 0 radical (unpaired) electrons. The van der Waals surface area contributed by atoms with Crippen LogP contribution in [0.2, 0.25) is 0 Å². The molecule has 0 aliphatic carbocycles. The molecule has 1 aromatic heterocycles. The fourth-order valence-electron chi connectivity index (χ4n) is 3.04. The number of fused-ring (bicyclic) bond motifs is 1. The highest BCUT2D eigenvalue weighted by atomic mass is 16.4. The molecule has 6 nitrogen and oxygen atoms in total. The number of carbonyl (C=O) groups is 2. The van der Waals surface area contributed by atoms with Crippen LogP contribution < -0.4 is 10.6 Å². The Labute approximate surface area is 151 Å². The van der Waals surface area contributed by atoms with Gasteiger partial charge in [-0.3, -0.25) is 0 Å². The molecule has 0 saturated carbocycles. The molecule has 0 spiro atoms. The fourth-order valence-corrected chi connectivity index (χ4v) is 3.04. The lowest BCUT2D eigenvalue weighted by Crippen LogP contribution is -2.44. The molecular weight excluding hydrogens is 330 g/mol. The van der Waals surface area contributed by atoms with E-state index in [0.717, 1.165) is 27.6 Å². The van der Waals surface area contributed by atoms with E-state index in [1.54, 1.807) is 6.20 Å². The minimum absolute atomic E-state index is 0.194. The average molecular weight is 351 g/mol. The van der Waals surface area contributed by atoms with E-state index in [-0.39, 0.29) is 6.42 Å². The highest BCUT2D eigenvalue weighted by molar-refractivity contribution is 5.94. The van der Waals surface area contributed by atoms with Crippen LogP contribution in [0.1, 0.15) is 16.7 Å². The Hall–Kier alpha value is -3.28. The third-order valence-electron chi connectivity index (χ3n) is 4.42. The number of H-pyrrole nitrogens is 1. The second-order valence-electron chi connectivity index (χ2n) is 6.32. The number of hydrogen-bond donors (Lipinski definition) is 4. The summed E-state index contributed by atoms with van der Waals surface area (Å²) in [5, 5.41) is 15.8. The maximum atomic E-state index is 12.3. The first-order valence-corrected chi connectivity index (χ1v) is 8.37. The van der Waals surface area contributed by atoms with Gasteiger partial charge in [0.1, 0.15) is 6.04 Å². The topological polar surface area (TPSA) is 94.2 Å². The lowest BCUT2D eigenvalue weighted by Gasteiger charge is -2.17. The SMILES string of the molecule is Cc1cccc(C)c1NC(=O)NC(Cc1c[nH]c2ccccc12)C(=O)O. The number of carbonyl (C=O) groups excluding carboxylic acids is 1. The summed E-state index contributed by atoms with van der Waals surface area (Å²) < 4.78 is 0. The molecule has 3 aromatic rings. The van der Waals surface area contributed by atoms with Gasteiger partial charge in [-0.2, -0.15) is 0 Å². The second kappa shape index (κ2) is 7.31. The van der Waals surface area contributed by atoms with Gasteiger partial charge in [0.2, 0.25) is 0 Å². The molecule has 0 saturated heterocycles. The highest BCUT2D eigenvalue weighted by Gasteiger charge is 2.22. The molecule has 134 valence electrons. The van der Waals surface area contributed by atoms with Gasteiger partial charge in [-0.25, -0.2) is 9.59 Å². The molecule has 26 heavy (non-hydrogen) atoms. The molecule has 6 heteroatoms. The highest BCUT2D eigenvalue weighted by Crippen LogP contribution is 2.20. The van der Waals surface area contributed by atoms with Crippen molar-refractivity contribution in [2.75, 3.05) is 5.32 Å². The number of benzene rings is 2. The number of rotatable bonds is 5. The van der Waals surface area contributed by atoms with Gasteiger partial charge >= 0.3 is 12.0 Å². The van der Waals surface area contributed by atoms with E-state index >= 15 is 0 Å². The van der Waals surface area contributed by atoms with Crippen LogP contribution in [-0.4, -0.2) is 28.1 Å². The Balaban J connectivity index is 1.74. The Morgan fingerprint density at radius 2 is 1.77 bits per heavy atom. The van der Waals surface area contributed by atoms with Gasteiger partial charge in [-0.1, -0.05) is 36.4 Å². The van der Waals surface area contributed by atoms with Crippen molar-refractivity contribution < 1.29 is 14.7 Å². The molecule has 1 atom stereocenters. The van der Waals surface area contributed by atoms with Crippen LogP contribution in [0.25, 0.3) is 10.9 Å². The predicted octanol–water partition coefficient (Wildman–Crippen LogP) is 3.60. The summed E-state index contributed by atoms with van der Waals surface area (Å²) in [4.78, 5) is 27.1. The van der Waals surface area contributed by atoms with Crippen LogP contribution in [0.15, 0.2) is 48.7 Å². The van der Waals surface area contributed by atoms with Crippen molar-refractivity contribution in [3.63, 3.8) is 0 Å². The van der Waals surface area contributed by atoms with Crippen LogP contribution in [-0.2, 0) is 11.2 Å². The van der Waals surface area contributed by atoms with E-state index in [2.05, 4.69) is 15.6 Å². The van der Waals surface area contributed by atoms with E-state index in [1.165, 1.54) is 0 Å². The third kappa shape index (κ3) is 3.69. The number of carboxylic acids is 1. The van der Waals surface area contributed by atoms with E-state index in [0.29, 0.717) is 5.69 Å². The number of nitrogens with one attached hydrogen (secondary N) is 3. The number of carboxylic acid groups (broad SMARTS) is 1. The van der Waals surface area contributed by atoms with Crippen LogP contribution >= 0.6 is 0 Å². The number of para-hydroxylation sites is 2. The molecule has 4 N–H and O–H groups in total. The summed E-state index contributed by atoms with van der Waals surface area (Å²) in [7, 11) is 0. The maximum Gasteiger partial charge on any atom is 0.326 e. The largest absolute Gasteiger partial charge is 0.480 e. The minimum Gasteiger partial charge on any atom is -0.480 e. The summed E-state index contributed by atoms with van der Waals surface area (Å²) in [5.41, 5.74) is 4.32. The number of amides is 2. The molecule has 2 aromatic carbocycles. The van der Waals surface area contributed by atoms with Crippen molar-refractivity contribution in [2.45, 2.75) is 26.3 Å². The quantitative estimate of drug-likeness (QED) is 0.566. The number of hydrogen-bond acceptors (Lipinski definition) is 2. The van der Waals surface area contributed by atoms with Gasteiger partial charge in [-0.15, -0.1) is 0 Å². The molecule has 0 aliphatic rings. The summed E-state index contributed by atoms with van der Waals surface area (Å²) in [6, 6.07) is 11.8. The molecule has 1 heterocycles. The van der Waals surface area contributed by atoms with Gasteiger partial charge in [0.15, 0.2) is 0 Å². The smallest absolute Gasteiger partial charge is 0.326 e. The van der Waals surface area contributed by atoms with Crippen molar-refractivity contribution in [1.29, 1.82) is 0 Å². The zero-order chi connectivity index (χ0) is 18.7. The monoisotopic (exact) mass is 351 g/mol. The zero-order valence-electron chi connectivity index (χ0n) is 14.7. The summed E-state index contributed by atoms with van der Waals surface area (Å²) in [6.45, 7) is 3.78. The number of urea groups is 1. The van der Waals surface area contributed by atoms with Crippen LogP contribution in [0.5, 0.6) is 0 Å². The van der Waals surface area contributed by atoms with Gasteiger partial charge in [-0.05, 0) is 36.6 Å². The average Bonchev–Trinajstić information content (AvgIpc) is 3.01. The second-order valence-corrected chi connectivity index (χ2v) is 6.32. The maximum absolute atomic E-state index is 12.3. The number of aliphatic carboxylic acids is 1. The lowest BCUT2D eigenvalue weighted by molar-refractivity contribution is -0.139. The molecule has 3 rings (SSSR count). The molecule has 0 aliphatic heterocycles. The zero-order valence-corrected chi connectivity index (χ0v) is 14.7. The fraction of sp³-hybridized carbons (Fsp3) is 0.200. The number of aromatic nitrogens is 1. The van der Waals surface area contributed by atoms with Crippen molar-refractivity contribution in [3.05, 3.63) is 65.4 Å². The molecular formula is C20H21N3O3. The van der Waals surface area contributed by atoms with Gasteiger partial charge < -0.3 is 20.7 Å². The number of aromatic amines is 1. The van der Waals surface area contributed by atoms with Crippen LogP contribution in [0.4, 0.5) is 10.5 Å². The van der Waals surface area contributed by atoms with E-state index in [4.69, 9.17) is 0 Å². The number of aryl methyl sites for hydroxylation is 2. The normalized spacial score (nSPS) is 11.9. The first-order chi connectivity index (χ1) is 12.5. The van der Waals surface area contributed by atoms with E-state index < -0.39 is 18.0 Å². The van der Waals surface area contributed by atoms with E-state index in [1.807, 2.05) is 56.3 Å². The standard InChI is InChI=1S/C20H21N3O3/c1-12-6-5-7-13(2)18(12)23-20(26)22-17(19(24)25)10-14-11-21-16-9-4-3-8-15(14)16/h3-9,11,17,21H,10H2,1-2H3,(H,24,25)(H2,22,23,26). The molecule has 1 unspecified atom stereocenters. The van der Waals surface area contributed by atoms with Gasteiger partial charge in [0.25, 0.3) is 0 Å². The lowest BCUT2D eigenvalue weighted by atomic mass is 10.1. The minimum atomic E-state index is -1.08. The first-order valence-electron chi connectivity index (χ1n) is 8.37. The van der Waals surface area contributed by atoms with Crippen LogP contribution in [0.3, 0.4) is 0 Å². The summed E-state index contributed by atoms with van der Waals surface area (Å²) in [6.07, 6.45) is 1.98. The first kappa shape index (κ1) is 17.5. The van der Waals surface area contributed by atoms with E-state index in [9.17, 15) is 14.7 Å². The molecule has 0 fully saturated rings. The van der Waals surface area contributed by atoms with Crippen molar-refractivity contribution in [3.8, 4) is 0 Å². The summed E-state index contributed by atoms with van der Waals surface area (Å²) in [5.74, 6) is -1.08. The summed E-state index contributed by atoms with van der Waals surface area (Å²) >= 11 is 0. The van der Waals surface area contributed by atoms with Gasteiger partial charge in [0, 0.05) is 29.2 Å². The Kier molecular flexibility index (Phi) is 4.93. The van der Waals surface area contributed by atoms with Crippen molar-refractivity contribution in [2.24, 2.45) is 0 Å². The molecule has 0 bridgehead atoms. The van der Waals surface area contributed by atoms with Crippen molar-refractivity contribution >= 4 is 28.6 Å². The number of anilines is 1. The molecule has 2 amide bonds. The van der Waals surface area contributed by atoms with Gasteiger partial charge in [0.05, 0.1) is 0 Å². The van der Waals surface area contributed by atoms with Crippen LogP contribution in [0, 0.1) is 13.8 Å².